The highest BCUT2D eigenvalue weighted by Gasteiger charge is 1.99. The third kappa shape index (κ3) is 1.92. The fraction of sp³-hybridized carbons (Fsp3) is 0.111. The lowest BCUT2D eigenvalue weighted by Crippen LogP contribution is -1.81. The number of benzene rings is 1. The van der Waals surface area contributed by atoms with Gasteiger partial charge in [-0.1, -0.05) is 6.07 Å². The molecule has 0 aliphatic rings. The van der Waals surface area contributed by atoms with E-state index < -0.39 is 0 Å². The maximum Gasteiger partial charge on any atom is 0.122 e. The van der Waals surface area contributed by atoms with Crippen LogP contribution >= 0.6 is 0 Å². The lowest BCUT2D eigenvalue weighted by molar-refractivity contribution is 0.446. The maximum absolute atomic E-state index is 9.24. The van der Waals surface area contributed by atoms with Crippen LogP contribution in [0.15, 0.2) is 30.5 Å². The number of rotatable bonds is 2. The van der Waals surface area contributed by atoms with Gasteiger partial charge in [-0.05, 0) is 24.1 Å². The van der Waals surface area contributed by atoms with Crippen LogP contribution in [0.1, 0.15) is 5.56 Å². The second-order valence-electron chi connectivity index (χ2n) is 2.40. The normalized spacial score (nSPS) is 10.7. The summed E-state index contributed by atoms with van der Waals surface area (Å²) in [6.07, 6.45) is 2.88. The zero-order chi connectivity index (χ0) is 8.97. The molecule has 3 heteroatoms. The first-order valence-electron chi connectivity index (χ1n) is 3.54. The maximum atomic E-state index is 9.24. The van der Waals surface area contributed by atoms with E-state index in [2.05, 4.69) is 0 Å². The summed E-state index contributed by atoms with van der Waals surface area (Å²) in [6.45, 7) is 0. The van der Waals surface area contributed by atoms with E-state index in [0.29, 0.717) is 12.0 Å². The van der Waals surface area contributed by atoms with Crippen LogP contribution in [-0.2, 0) is 6.42 Å². The van der Waals surface area contributed by atoms with Crippen molar-refractivity contribution < 1.29 is 15.3 Å². The van der Waals surface area contributed by atoms with Crippen molar-refractivity contribution >= 4 is 0 Å². The van der Waals surface area contributed by atoms with E-state index in [1.807, 2.05) is 0 Å². The standard InChI is InChI=1S/C9H10O3/c10-5-1-2-7-3-4-8(11)6-9(7)12/h1,3-6,10-12H,2H2. The zero-order valence-electron chi connectivity index (χ0n) is 6.44. The molecule has 0 radical (unpaired) electrons. The first-order chi connectivity index (χ1) is 5.74. The van der Waals surface area contributed by atoms with Gasteiger partial charge in [0, 0.05) is 6.07 Å². The number of hydrogen-bond donors (Lipinski definition) is 3. The van der Waals surface area contributed by atoms with Gasteiger partial charge in [-0.25, -0.2) is 0 Å². The summed E-state index contributed by atoms with van der Waals surface area (Å²) in [5.41, 5.74) is 0.665. The smallest absolute Gasteiger partial charge is 0.122 e. The number of allylic oxidation sites excluding steroid dienone is 1. The molecule has 0 fully saturated rings. The predicted octanol–water partition coefficient (Wildman–Crippen LogP) is 1.71. The fourth-order valence-electron chi connectivity index (χ4n) is 0.905. The van der Waals surface area contributed by atoms with Crippen molar-refractivity contribution in [3.8, 4) is 11.5 Å². The Kier molecular flexibility index (Phi) is 2.58. The van der Waals surface area contributed by atoms with Crippen molar-refractivity contribution in [1.82, 2.24) is 0 Å². The molecule has 0 unspecified atom stereocenters. The zero-order valence-corrected chi connectivity index (χ0v) is 6.44. The average Bonchev–Trinajstić information content (AvgIpc) is 2.03. The SMILES string of the molecule is OC=CCc1ccc(O)cc1O. The van der Waals surface area contributed by atoms with Gasteiger partial charge >= 0.3 is 0 Å². The summed E-state index contributed by atoms with van der Waals surface area (Å²) in [5, 5.41) is 26.5. The number of phenols is 2. The first kappa shape index (κ1) is 8.46. The van der Waals surface area contributed by atoms with Gasteiger partial charge in [0.2, 0.25) is 0 Å². The molecule has 1 rings (SSSR count). The largest absolute Gasteiger partial charge is 0.516 e. The van der Waals surface area contributed by atoms with Crippen LogP contribution in [0.4, 0.5) is 0 Å². The van der Waals surface area contributed by atoms with E-state index in [9.17, 15) is 5.11 Å². The lowest BCUT2D eigenvalue weighted by atomic mass is 10.1. The van der Waals surface area contributed by atoms with Gasteiger partial charge in [0.1, 0.15) is 11.5 Å². The summed E-state index contributed by atoms with van der Waals surface area (Å²) in [4.78, 5) is 0. The quantitative estimate of drug-likeness (QED) is 0.586. The molecule has 0 bridgehead atoms. The number of aliphatic hydroxyl groups is 1. The van der Waals surface area contributed by atoms with Gasteiger partial charge in [-0.3, -0.25) is 0 Å². The van der Waals surface area contributed by atoms with Crippen molar-refractivity contribution in [2.75, 3.05) is 0 Å². The van der Waals surface area contributed by atoms with Crippen molar-refractivity contribution in [3.63, 3.8) is 0 Å². The Morgan fingerprint density at radius 1 is 1.25 bits per heavy atom. The molecule has 0 spiro atoms. The van der Waals surface area contributed by atoms with Crippen molar-refractivity contribution in [3.05, 3.63) is 36.1 Å². The Morgan fingerprint density at radius 3 is 2.58 bits per heavy atom. The average molecular weight is 166 g/mol. The van der Waals surface area contributed by atoms with Crippen molar-refractivity contribution in [1.29, 1.82) is 0 Å². The number of aliphatic hydroxyl groups excluding tert-OH is 1. The Hall–Kier alpha value is -1.64. The van der Waals surface area contributed by atoms with E-state index >= 15 is 0 Å². The van der Waals surface area contributed by atoms with Gasteiger partial charge in [0.15, 0.2) is 0 Å². The van der Waals surface area contributed by atoms with Gasteiger partial charge in [0.25, 0.3) is 0 Å². The minimum atomic E-state index is 0.0317. The highest BCUT2D eigenvalue weighted by atomic mass is 16.3. The van der Waals surface area contributed by atoms with Gasteiger partial charge < -0.3 is 15.3 Å². The minimum absolute atomic E-state index is 0.0317. The van der Waals surface area contributed by atoms with Gasteiger partial charge in [-0.15, -0.1) is 0 Å². The van der Waals surface area contributed by atoms with Gasteiger partial charge in [-0.2, -0.15) is 0 Å². The summed E-state index contributed by atoms with van der Waals surface area (Å²) >= 11 is 0. The molecule has 0 saturated carbocycles. The number of aromatic hydroxyl groups is 2. The fourth-order valence-corrected chi connectivity index (χ4v) is 0.905. The third-order valence-electron chi connectivity index (χ3n) is 1.51. The minimum Gasteiger partial charge on any atom is -0.516 e. The molecule has 0 heterocycles. The molecule has 0 aromatic heterocycles. The number of phenolic OH excluding ortho intramolecular Hbond substituents is 2. The Balaban J connectivity index is 2.86. The third-order valence-corrected chi connectivity index (χ3v) is 1.51. The predicted molar refractivity (Wildman–Crippen MR) is 45.2 cm³/mol. The van der Waals surface area contributed by atoms with Crippen LogP contribution in [0.3, 0.4) is 0 Å². The summed E-state index contributed by atoms with van der Waals surface area (Å²) in [7, 11) is 0. The van der Waals surface area contributed by atoms with Crippen LogP contribution in [0.2, 0.25) is 0 Å². The van der Waals surface area contributed by atoms with Crippen molar-refractivity contribution in [2.24, 2.45) is 0 Å². The monoisotopic (exact) mass is 166 g/mol. The molecule has 3 nitrogen and oxygen atoms in total. The van der Waals surface area contributed by atoms with Crippen LogP contribution < -0.4 is 0 Å². The molecule has 0 amide bonds. The molecule has 64 valence electrons. The Morgan fingerprint density at radius 2 is 2.00 bits per heavy atom. The van der Waals surface area contributed by atoms with Crippen LogP contribution in [0, 0.1) is 0 Å². The Bertz CT molecular complexity index is 292. The molecule has 3 N–H and O–H groups in total. The van der Waals surface area contributed by atoms with Crippen LogP contribution in [-0.4, -0.2) is 15.3 Å². The second-order valence-corrected chi connectivity index (χ2v) is 2.40. The van der Waals surface area contributed by atoms with Crippen LogP contribution in [0.25, 0.3) is 0 Å². The summed E-state index contributed by atoms with van der Waals surface area (Å²) in [6, 6.07) is 4.35. The van der Waals surface area contributed by atoms with E-state index in [0.717, 1.165) is 6.26 Å². The molecule has 12 heavy (non-hydrogen) atoms. The number of hydrogen-bond acceptors (Lipinski definition) is 3. The molecule has 1 aromatic rings. The summed E-state index contributed by atoms with van der Waals surface area (Å²) < 4.78 is 0. The summed E-state index contributed by atoms with van der Waals surface area (Å²) in [5.74, 6) is 0.0670. The highest BCUT2D eigenvalue weighted by Crippen LogP contribution is 2.22. The highest BCUT2D eigenvalue weighted by molar-refractivity contribution is 5.39. The molecule has 0 saturated heterocycles. The van der Waals surface area contributed by atoms with E-state index in [1.165, 1.54) is 18.2 Å². The molecule has 0 aliphatic carbocycles. The molecular weight excluding hydrogens is 156 g/mol. The first-order valence-corrected chi connectivity index (χ1v) is 3.54. The molecule has 1 aromatic carbocycles. The molecule has 0 atom stereocenters. The lowest BCUT2D eigenvalue weighted by Gasteiger charge is -2.00. The van der Waals surface area contributed by atoms with E-state index in [-0.39, 0.29) is 11.5 Å². The van der Waals surface area contributed by atoms with Gasteiger partial charge in [0.05, 0.1) is 6.26 Å². The van der Waals surface area contributed by atoms with E-state index in [1.54, 1.807) is 6.07 Å². The van der Waals surface area contributed by atoms with Crippen LogP contribution in [0.5, 0.6) is 11.5 Å². The molecule has 0 aliphatic heterocycles. The molecular formula is C9H10O3. The topological polar surface area (TPSA) is 60.7 Å². The second kappa shape index (κ2) is 3.67. The van der Waals surface area contributed by atoms with E-state index in [4.69, 9.17) is 10.2 Å². The van der Waals surface area contributed by atoms with Crippen molar-refractivity contribution in [2.45, 2.75) is 6.42 Å². The Labute approximate surface area is 70.2 Å².